The van der Waals surface area contributed by atoms with Crippen LogP contribution >= 0.6 is 24.0 Å². The zero-order valence-electron chi connectivity index (χ0n) is 9.53. The molecular formula is C12H18N2S2. The van der Waals surface area contributed by atoms with E-state index in [0.29, 0.717) is 0 Å². The predicted octanol–water partition coefficient (Wildman–Crippen LogP) is 3.10. The molecule has 0 bridgehead atoms. The maximum absolute atomic E-state index is 5.19. The lowest BCUT2D eigenvalue weighted by molar-refractivity contribution is 0.620. The van der Waals surface area contributed by atoms with E-state index in [2.05, 4.69) is 29.9 Å². The Morgan fingerprint density at radius 1 is 1.31 bits per heavy atom. The molecule has 2 N–H and O–H groups in total. The lowest BCUT2D eigenvalue weighted by Crippen LogP contribution is -2.35. The SMILES string of the molecule is CCCCNNC(=S)SCc1ccccc1. The van der Waals surface area contributed by atoms with Crippen LogP contribution in [0.15, 0.2) is 30.3 Å². The summed E-state index contributed by atoms with van der Waals surface area (Å²) >= 11 is 6.84. The van der Waals surface area contributed by atoms with Gasteiger partial charge in [0.25, 0.3) is 0 Å². The molecule has 0 saturated carbocycles. The van der Waals surface area contributed by atoms with Crippen LogP contribution in [-0.2, 0) is 5.75 Å². The van der Waals surface area contributed by atoms with Gasteiger partial charge in [-0.3, -0.25) is 0 Å². The summed E-state index contributed by atoms with van der Waals surface area (Å²) in [7, 11) is 0. The van der Waals surface area contributed by atoms with Crippen LogP contribution in [0.25, 0.3) is 0 Å². The van der Waals surface area contributed by atoms with E-state index in [1.807, 2.05) is 18.2 Å². The van der Waals surface area contributed by atoms with Crippen molar-refractivity contribution in [3.63, 3.8) is 0 Å². The van der Waals surface area contributed by atoms with Crippen molar-refractivity contribution in [2.75, 3.05) is 6.54 Å². The quantitative estimate of drug-likeness (QED) is 0.463. The van der Waals surface area contributed by atoms with Crippen LogP contribution in [0.5, 0.6) is 0 Å². The molecule has 16 heavy (non-hydrogen) atoms. The first-order valence-electron chi connectivity index (χ1n) is 5.52. The molecule has 0 aliphatic rings. The van der Waals surface area contributed by atoms with Gasteiger partial charge >= 0.3 is 0 Å². The number of hydrogen-bond acceptors (Lipinski definition) is 3. The Hall–Kier alpha value is -0.580. The van der Waals surface area contributed by atoms with Gasteiger partial charge < -0.3 is 5.43 Å². The highest BCUT2D eigenvalue weighted by Gasteiger charge is 1.97. The zero-order valence-corrected chi connectivity index (χ0v) is 11.2. The summed E-state index contributed by atoms with van der Waals surface area (Å²) in [5.41, 5.74) is 7.44. The van der Waals surface area contributed by atoms with Crippen molar-refractivity contribution in [1.82, 2.24) is 10.9 Å². The second-order valence-electron chi connectivity index (χ2n) is 3.47. The maximum Gasteiger partial charge on any atom is 0.148 e. The highest BCUT2D eigenvalue weighted by Crippen LogP contribution is 2.11. The summed E-state index contributed by atoms with van der Waals surface area (Å²) in [6, 6.07) is 10.3. The lowest BCUT2D eigenvalue weighted by Gasteiger charge is -2.08. The number of unbranched alkanes of at least 4 members (excludes halogenated alkanes) is 1. The highest BCUT2D eigenvalue weighted by molar-refractivity contribution is 8.22. The molecule has 1 rings (SSSR count). The van der Waals surface area contributed by atoms with E-state index >= 15 is 0 Å². The lowest BCUT2D eigenvalue weighted by atomic mass is 10.2. The van der Waals surface area contributed by atoms with Gasteiger partial charge in [-0.25, -0.2) is 5.43 Å². The summed E-state index contributed by atoms with van der Waals surface area (Å²) in [6.07, 6.45) is 2.36. The van der Waals surface area contributed by atoms with E-state index in [1.165, 1.54) is 18.4 Å². The number of rotatable bonds is 6. The Balaban J connectivity index is 2.11. The van der Waals surface area contributed by atoms with Gasteiger partial charge in [-0.15, -0.1) is 0 Å². The fraction of sp³-hybridized carbons (Fsp3) is 0.417. The Kier molecular flexibility index (Phi) is 7.21. The van der Waals surface area contributed by atoms with E-state index in [0.717, 1.165) is 16.6 Å². The van der Waals surface area contributed by atoms with Crippen molar-refractivity contribution >= 4 is 28.3 Å². The van der Waals surface area contributed by atoms with Crippen molar-refractivity contribution < 1.29 is 0 Å². The fourth-order valence-corrected chi connectivity index (χ4v) is 2.04. The maximum atomic E-state index is 5.19. The van der Waals surface area contributed by atoms with Crippen LogP contribution < -0.4 is 10.9 Å². The largest absolute Gasteiger partial charge is 0.307 e. The van der Waals surface area contributed by atoms with Gasteiger partial charge in [-0.05, 0) is 12.0 Å². The molecule has 0 aromatic heterocycles. The Bertz CT molecular complexity index is 301. The molecule has 1 aromatic carbocycles. The molecule has 0 fully saturated rings. The zero-order chi connectivity index (χ0) is 11.6. The molecule has 4 heteroatoms. The smallest absolute Gasteiger partial charge is 0.148 e. The van der Waals surface area contributed by atoms with E-state index in [1.54, 1.807) is 11.8 Å². The number of hydrazine groups is 1. The predicted molar refractivity (Wildman–Crippen MR) is 76.4 cm³/mol. The van der Waals surface area contributed by atoms with Crippen molar-refractivity contribution in [3.05, 3.63) is 35.9 Å². The van der Waals surface area contributed by atoms with Gasteiger partial charge in [-0.2, -0.15) is 0 Å². The molecule has 0 atom stereocenters. The van der Waals surface area contributed by atoms with Gasteiger partial charge in [-0.1, -0.05) is 67.7 Å². The Morgan fingerprint density at radius 3 is 2.75 bits per heavy atom. The molecular weight excluding hydrogens is 236 g/mol. The van der Waals surface area contributed by atoms with Crippen molar-refractivity contribution in [2.24, 2.45) is 0 Å². The molecule has 0 aliphatic carbocycles. The number of hydrogen-bond donors (Lipinski definition) is 2. The standard InChI is InChI=1S/C12H18N2S2/c1-2-3-9-13-14-12(15)16-10-11-7-5-4-6-8-11/h4-8,13H,2-3,9-10H2,1H3,(H,14,15). The minimum atomic E-state index is 0.806. The monoisotopic (exact) mass is 254 g/mol. The van der Waals surface area contributed by atoms with Crippen LogP contribution in [0.4, 0.5) is 0 Å². The first kappa shape index (κ1) is 13.5. The van der Waals surface area contributed by atoms with E-state index in [9.17, 15) is 0 Å². The number of thiocarbonyl (C=S) groups is 1. The van der Waals surface area contributed by atoms with Crippen LogP contribution in [-0.4, -0.2) is 10.9 Å². The van der Waals surface area contributed by atoms with E-state index < -0.39 is 0 Å². The van der Waals surface area contributed by atoms with Gasteiger partial charge in [0, 0.05) is 12.3 Å². The molecule has 0 spiro atoms. The first-order valence-corrected chi connectivity index (χ1v) is 6.92. The molecule has 0 radical (unpaired) electrons. The molecule has 0 heterocycles. The molecule has 88 valence electrons. The van der Waals surface area contributed by atoms with E-state index in [-0.39, 0.29) is 0 Å². The normalized spacial score (nSPS) is 10.1. The van der Waals surface area contributed by atoms with Crippen LogP contribution in [0.1, 0.15) is 25.3 Å². The number of benzene rings is 1. The summed E-state index contributed by atoms with van der Waals surface area (Å²) in [6.45, 7) is 3.13. The van der Waals surface area contributed by atoms with Crippen LogP contribution in [0.3, 0.4) is 0 Å². The molecule has 0 saturated heterocycles. The first-order chi connectivity index (χ1) is 7.83. The van der Waals surface area contributed by atoms with Crippen molar-refractivity contribution in [3.8, 4) is 0 Å². The average Bonchev–Trinajstić information content (AvgIpc) is 2.33. The topological polar surface area (TPSA) is 24.1 Å². The molecule has 1 aromatic rings. The summed E-state index contributed by atoms with van der Waals surface area (Å²) in [5, 5.41) is 0. The Labute approximate surface area is 107 Å². The van der Waals surface area contributed by atoms with Gasteiger partial charge in [0.15, 0.2) is 0 Å². The van der Waals surface area contributed by atoms with Crippen LogP contribution in [0, 0.1) is 0 Å². The van der Waals surface area contributed by atoms with Gasteiger partial charge in [0.2, 0.25) is 0 Å². The molecule has 0 amide bonds. The highest BCUT2D eigenvalue weighted by atomic mass is 32.2. The Morgan fingerprint density at radius 2 is 2.06 bits per heavy atom. The molecule has 0 aliphatic heterocycles. The summed E-state index contributed by atoms with van der Waals surface area (Å²) < 4.78 is 0.806. The minimum absolute atomic E-state index is 0.806. The van der Waals surface area contributed by atoms with Crippen LogP contribution in [0.2, 0.25) is 0 Å². The van der Waals surface area contributed by atoms with Crippen molar-refractivity contribution in [2.45, 2.75) is 25.5 Å². The van der Waals surface area contributed by atoms with Gasteiger partial charge in [0.05, 0.1) is 0 Å². The molecule has 2 nitrogen and oxygen atoms in total. The second-order valence-corrected chi connectivity index (χ2v) is 5.12. The third-order valence-corrected chi connectivity index (χ3v) is 3.36. The third-order valence-electron chi connectivity index (χ3n) is 2.06. The fourth-order valence-electron chi connectivity index (χ4n) is 1.16. The second kappa shape index (κ2) is 8.56. The minimum Gasteiger partial charge on any atom is -0.307 e. The van der Waals surface area contributed by atoms with Crippen molar-refractivity contribution in [1.29, 1.82) is 0 Å². The average molecular weight is 254 g/mol. The van der Waals surface area contributed by atoms with E-state index in [4.69, 9.17) is 12.2 Å². The van der Waals surface area contributed by atoms with Gasteiger partial charge in [0.1, 0.15) is 4.32 Å². The number of nitrogens with one attached hydrogen (secondary N) is 2. The summed E-state index contributed by atoms with van der Waals surface area (Å²) in [4.78, 5) is 0. The number of thioether (sulfide) groups is 1. The third kappa shape index (κ3) is 6.10. The summed E-state index contributed by atoms with van der Waals surface area (Å²) in [5.74, 6) is 0.919. The molecule has 0 unspecified atom stereocenters.